The number of hydrogen-bond acceptors (Lipinski definition) is 4. The third-order valence-corrected chi connectivity index (χ3v) is 5.13. The molecule has 2 aromatic heterocycles. The number of urea groups is 1. The van der Waals surface area contributed by atoms with E-state index in [2.05, 4.69) is 39.6 Å². The lowest BCUT2D eigenvalue weighted by Crippen LogP contribution is -2.53. The summed E-state index contributed by atoms with van der Waals surface area (Å²) in [5.41, 5.74) is 1.08. The maximum atomic E-state index is 12.4. The molecule has 128 valence electrons. The van der Waals surface area contributed by atoms with Gasteiger partial charge in [0.05, 0.1) is 5.69 Å². The fourth-order valence-electron chi connectivity index (χ4n) is 2.91. The lowest BCUT2D eigenvalue weighted by atomic mass is 10.2. The molecule has 0 bridgehead atoms. The predicted octanol–water partition coefficient (Wildman–Crippen LogP) is 2.60. The lowest BCUT2D eigenvalue weighted by molar-refractivity contribution is 0.133. The number of aromatic nitrogens is 1. The molecule has 24 heavy (non-hydrogen) atoms. The van der Waals surface area contributed by atoms with Crippen molar-refractivity contribution in [1.29, 1.82) is 0 Å². The zero-order valence-corrected chi connectivity index (χ0v) is 14.8. The number of rotatable bonds is 5. The van der Waals surface area contributed by atoms with E-state index in [1.54, 1.807) is 11.3 Å². The zero-order chi connectivity index (χ0) is 16.8. The predicted molar refractivity (Wildman–Crippen MR) is 97.1 cm³/mol. The largest absolute Gasteiger partial charge is 0.335 e. The van der Waals surface area contributed by atoms with Crippen LogP contribution < -0.4 is 5.32 Å². The van der Waals surface area contributed by atoms with Crippen molar-refractivity contribution in [3.05, 3.63) is 52.5 Å². The highest BCUT2D eigenvalue weighted by Gasteiger charge is 2.22. The van der Waals surface area contributed by atoms with Crippen molar-refractivity contribution in [2.75, 3.05) is 26.2 Å². The second kappa shape index (κ2) is 8.26. The minimum atomic E-state index is 0.0524. The van der Waals surface area contributed by atoms with Crippen molar-refractivity contribution in [2.24, 2.45) is 0 Å². The quantitative estimate of drug-likeness (QED) is 0.907. The molecule has 1 unspecified atom stereocenters. The molecule has 1 atom stereocenters. The molecule has 5 nitrogen and oxygen atoms in total. The number of piperazine rings is 1. The van der Waals surface area contributed by atoms with E-state index in [1.807, 2.05) is 29.3 Å². The Morgan fingerprint density at radius 2 is 2.08 bits per heavy atom. The summed E-state index contributed by atoms with van der Waals surface area (Å²) in [6.07, 6.45) is 2.72. The van der Waals surface area contributed by atoms with Gasteiger partial charge in [0.2, 0.25) is 0 Å². The van der Waals surface area contributed by atoms with Gasteiger partial charge in [-0.1, -0.05) is 12.1 Å². The van der Waals surface area contributed by atoms with Crippen molar-refractivity contribution in [3.63, 3.8) is 0 Å². The standard InChI is InChI=1S/C18H24N4OS/c1-15(13-17-6-4-12-24-17)20-18(23)22-10-8-21(9-11-22)14-16-5-2-3-7-19-16/h2-7,12,15H,8-11,13-14H2,1H3,(H,20,23). The Labute approximate surface area is 147 Å². The third kappa shape index (κ3) is 4.79. The van der Waals surface area contributed by atoms with Crippen LogP contribution in [0.5, 0.6) is 0 Å². The maximum Gasteiger partial charge on any atom is 0.317 e. The molecule has 2 aromatic rings. The van der Waals surface area contributed by atoms with Crippen molar-refractivity contribution in [2.45, 2.75) is 25.9 Å². The minimum absolute atomic E-state index is 0.0524. The molecule has 1 N–H and O–H groups in total. The van der Waals surface area contributed by atoms with Gasteiger partial charge >= 0.3 is 6.03 Å². The molecule has 6 heteroatoms. The number of carbonyl (C=O) groups excluding carboxylic acids is 1. The summed E-state index contributed by atoms with van der Waals surface area (Å²) in [7, 11) is 0. The summed E-state index contributed by atoms with van der Waals surface area (Å²) < 4.78 is 0. The Hall–Kier alpha value is -1.92. The fourth-order valence-corrected chi connectivity index (χ4v) is 3.75. The Morgan fingerprint density at radius 1 is 1.25 bits per heavy atom. The number of amides is 2. The van der Waals surface area contributed by atoms with Gasteiger partial charge in [0.25, 0.3) is 0 Å². The first kappa shape index (κ1) is 16.9. The molecule has 0 spiro atoms. The smallest absolute Gasteiger partial charge is 0.317 e. The molecule has 0 aromatic carbocycles. The number of carbonyl (C=O) groups is 1. The molecule has 1 fully saturated rings. The number of hydrogen-bond donors (Lipinski definition) is 1. The van der Waals surface area contributed by atoms with E-state index in [4.69, 9.17) is 0 Å². The van der Waals surface area contributed by atoms with Gasteiger partial charge in [0, 0.05) is 56.3 Å². The van der Waals surface area contributed by atoms with Gasteiger partial charge in [-0.15, -0.1) is 11.3 Å². The highest BCUT2D eigenvalue weighted by atomic mass is 32.1. The van der Waals surface area contributed by atoms with E-state index < -0.39 is 0 Å². The molecule has 3 rings (SSSR count). The normalized spacial score (nSPS) is 16.8. The molecular weight excluding hydrogens is 320 g/mol. The summed E-state index contributed by atoms with van der Waals surface area (Å²) in [5.74, 6) is 0. The summed E-state index contributed by atoms with van der Waals surface area (Å²) in [6.45, 7) is 6.24. The van der Waals surface area contributed by atoms with Crippen molar-refractivity contribution < 1.29 is 4.79 Å². The highest BCUT2D eigenvalue weighted by molar-refractivity contribution is 7.09. The van der Waals surface area contributed by atoms with Crippen LogP contribution in [0.1, 0.15) is 17.5 Å². The van der Waals surface area contributed by atoms with Gasteiger partial charge in [-0.3, -0.25) is 9.88 Å². The monoisotopic (exact) mass is 344 g/mol. The van der Waals surface area contributed by atoms with Crippen LogP contribution >= 0.6 is 11.3 Å². The van der Waals surface area contributed by atoms with Crippen LogP contribution in [-0.4, -0.2) is 53.0 Å². The van der Waals surface area contributed by atoms with Crippen LogP contribution in [0, 0.1) is 0 Å². The van der Waals surface area contributed by atoms with Crippen LogP contribution in [0.2, 0.25) is 0 Å². The van der Waals surface area contributed by atoms with E-state index >= 15 is 0 Å². The van der Waals surface area contributed by atoms with Gasteiger partial charge in [-0.05, 0) is 30.5 Å². The van der Waals surface area contributed by atoms with Crippen LogP contribution in [-0.2, 0) is 13.0 Å². The second-order valence-electron chi connectivity index (χ2n) is 6.22. The summed E-state index contributed by atoms with van der Waals surface area (Å²) in [4.78, 5) is 22.3. The maximum absolute atomic E-state index is 12.4. The topological polar surface area (TPSA) is 48.5 Å². The Bertz CT molecular complexity index is 624. The SMILES string of the molecule is CC(Cc1cccs1)NC(=O)N1CCN(Cc2ccccn2)CC1. The van der Waals surface area contributed by atoms with E-state index in [-0.39, 0.29) is 12.1 Å². The number of pyridine rings is 1. The number of nitrogens with one attached hydrogen (secondary N) is 1. The Morgan fingerprint density at radius 3 is 2.75 bits per heavy atom. The first-order valence-electron chi connectivity index (χ1n) is 8.41. The van der Waals surface area contributed by atoms with E-state index in [0.717, 1.165) is 44.8 Å². The molecule has 1 aliphatic heterocycles. The summed E-state index contributed by atoms with van der Waals surface area (Å²) >= 11 is 1.74. The van der Waals surface area contributed by atoms with Gasteiger partial charge in [0.1, 0.15) is 0 Å². The summed E-state index contributed by atoms with van der Waals surface area (Å²) in [5, 5.41) is 5.19. The zero-order valence-electron chi connectivity index (χ0n) is 14.0. The Kier molecular flexibility index (Phi) is 5.82. The van der Waals surface area contributed by atoms with Gasteiger partial charge in [-0.25, -0.2) is 4.79 Å². The number of nitrogens with zero attached hydrogens (tertiary/aromatic N) is 3. The van der Waals surface area contributed by atoms with Crippen molar-refractivity contribution in [1.82, 2.24) is 20.1 Å². The molecular formula is C18H24N4OS. The second-order valence-corrected chi connectivity index (χ2v) is 7.25. The molecule has 0 saturated carbocycles. The van der Waals surface area contributed by atoms with Crippen LogP contribution in [0.15, 0.2) is 41.9 Å². The average Bonchev–Trinajstić information content (AvgIpc) is 3.09. The van der Waals surface area contributed by atoms with E-state index in [9.17, 15) is 4.79 Å². The fraction of sp³-hybridized carbons (Fsp3) is 0.444. The number of thiophene rings is 1. The summed E-state index contributed by atoms with van der Waals surface area (Å²) in [6, 6.07) is 10.4. The first-order valence-corrected chi connectivity index (χ1v) is 9.29. The van der Waals surface area contributed by atoms with E-state index in [0.29, 0.717) is 0 Å². The van der Waals surface area contributed by atoms with Gasteiger partial charge < -0.3 is 10.2 Å². The van der Waals surface area contributed by atoms with Gasteiger partial charge in [-0.2, -0.15) is 0 Å². The molecule has 0 radical (unpaired) electrons. The van der Waals surface area contributed by atoms with Crippen LogP contribution in [0.25, 0.3) is 0 Å². The molecule has 2 amide bonds. The third-order valence-electron chi connectivity index (χ3n) is 4.23. The molecule has 0 aliphatic carbocycles. The molecule has 1 aliphatic rings. The average molecular weight is 344 g/mol. The van der Waals surface area contributed by atoms with Gasteiger partial charge in [0.15, 0.2) is 0 Å². The first-order chi connectivity index (χ1) is 11.7. The van der Waals surface area contributed by atoms with Crippen LogP contribution in [0.4, 0.5) is 4.79 Å². The Balaban J connectivity index is 1.41. The van der Waals surface area contributed by atoms with Crippen molar-refractivity contribution in [3.8, 4) is 0 Å². The van der Waals surface area contributed by atoms with E-state index in [1.165, 1.54) is 4.88 Å². The molecule has 1 saturated heterocycles. The lowest BCUT2D eigenvalue weighted by Gasteiger charge is -2.35. The minimum Gasteiger partial charge on any atom is -0.335 e. The molecule has 3 heterocycles. The highest BCUT2D eigenvalue weighted by Crippen LogP contribution is 2.12. The van der Waals surface area contributed by atoms with Crippen LogP contribution in [0.3, 0.4) is 0 Å². The van der Waals surface area contributed by atoms with Crippen molar-refractivity contribution >= 4 is 17.4 Å².